The van der Waals surface area contributed by atoms with Crippen LogP contribution < -0.4 is 0 Å². The molecule has 3 atom stereocenters. The number of carbonyl (C=O) groups excluding carboxylic acids is 4. The quantitative estimate of drug-likeness (QED) is 0.160. The monoisotopic (exact) mass is 554 g/mol. The van der Waals surface area contributed by atoms with E-state index in [0.29, 0.717) is 6.42 Å². The molecule has 3 unspecified atom stereocenters. The first-order valence-corrected chi connectivity index (χ1v) is 10.8. The van der Waals surface area contributed by atoms with E-state index in [0.717, 1.165) is 0 Å². The second-order valence-corrected chi connectivity index (χ2v) is 8.71. The van der Waals surface area contributed by atoms with E-state index in [1.165, 1.54) is 0 Å². The first-order chi connectivity index (χ1) is 16.0. The molecule has 37 heavy (non-hydrogen) atoms. The van der Waals surface area contributed by atoms with Gasteiger partial charge in [-0.3, -0.25) is 19.2 Å². The van der Waals surface area contributed by atoms with Crippen LogP contribution in [-0.4, -0.2) is 62.7 Å². The van der Waals surface area contributed by atoms with Gasteiger partial charge in [0, 0.05) is 0 Å². The molecule has 8 nitrogen and oxygen atoms in total. The van der Waals surface area contributed by atoms with Crippen molar-refractivity contribution in [2.75, 3.05) is 26.4 Å². The molecule has 0 aromatic rings. The number of carbonyl (C=O) groups is 4. The molecule has 1 aliphatic carbocycles. The molecule has 1 saturated carbocycles. The molecule has 0 N–H and O–H groups in total. The Morgan fingerprint density at radius 2 is 1.16 bits per heavy atom. The van der Waals surface area contributed by atoms with E-state index in [4.69, 9.17) is 9.47 Å². The van der Waals surface area contributed by atoms with Crippen LogP contribution in [0.5, 0.6) is 0 Å². The molecular weight excluding hydrogens is 518 g/mol. The Morgan fingerprint density at radius 3 is 1.65 bits per heavy atom. The molecule has 1 rings (SSSR count). The summed E-state index contributed by atoms with van der Waals surface area (Å²) in [6, 6.07) is 0. The Bertz CT molecular complexity index is 763. The maximum Gasteiger partial charge on any atom is 0.422 e. The number of esters is 4. The first-order valence-electron chi connectivity index (χ1n) is 10.8. The van der Waals surface area contributed by atoms with Crippen LogP contribution in [0.15, 0.2) is 0 Å². The fourth-order valence-corrected chi connectivity index (χ4v) is 3.18. The van der Waals surface area contributed by atoms with Crippen molar-refractivity contribution >= 4 is 23.9 Å². The van der Waals surface area contributed by atoms with E-state index in [1.807, 2.05) is 0 Å². The Morgan fingerprint density at radius 1 is 0.703 bits per heavy atom. The van der Waals surface area contributed by atoms with Gasteiger partial charge in [0.25, 0.3) is 0 Å². The molecule has 14 heteroatoms. The lowest BCUT2D eigenvalue weighted by molar-refractivity contribution is -0.196. The molecule has 0 amide bonds. The van der Waals surface area contributed by atoms with Gasteiger partial charge in [0.2, 0.25) is 0 Å². The lowest BCUT2D eigenvalue weighted by Gasteiger charge is -2.32. The Kier molecular flexibility index (Phi) is 14.9. The minimum absolute atomic E-state index is 0. The Hall–Kier alpha value is -2.54. The fraction of sp³-hybridized carbons (Fsp3) is 0.826. The van der Waals surface area contributed by atoms with Crippen LogP contribution >= 0.6 is 0 Å². The third-order valence-electron chi connectivity index (χ3n) is 5.54. The van der Waals surface area contributed by atoms with Crippen molar-refractivity contribution < 1.29 is 64.5 Å². The molecule has 218 valence electrons. The van der Waals surface area contributed by atoms with E-state index in [2.05, 4.69) is 9.47 Å². The van der Waals surface area contributed by atoms with Crippen molar-refractivity contribution in [3.63, 3.8) is 0 Å². The van der Waals surface area contributed by atoms with E-state index in [9.17, 15) is 45.5 Å². The topological polar surface area (TPSA) is 105 Å². The van der Waals surface area contributed by atoms with Crippen LogP contribution in [-0.2, 0) is 38.1 Å². The number of rotatable bonds is 10. The molecule has 0 saturated heterocycles. The SMILES string of the molecule is C.C.CCC(C)(C)C(=O)OCCOC(=O)C1CCC(C(=O)OCC(F)(F)F)CC1C(=O)OCC(F)(F)F. The van der Waals surface area contributed by atoms with Crippen molar-refractivity contribution in [1.82, 2.24) is 0 Å². The number of hydrogen-bond acceptors (Lipinski definition) is 8. The summed E-state index contributed by atoms with van der Waals surface area (Å²) in [7, 11) is 0. The maximum atomic E-state index is 12.5. The second kappa shape index (κ2) is 15.0. The van der Waals surface area contributed by atoms with Gasteiger partial charge in [0.05, 0.1) is 23.2 Å². The molecule has 0 bridgehead atoms. The molecular formula is C23H36F6O8. The molecule has 0 aromatic heterocycles. The number of halogens is 6. The van der Waals surface area contributed by atoms with Gasteiger partial charge in [-0.05, 0) is 39.5 Å². The van der Waals surface area contributed by atoms with E-state index >= 15 is 0 Å². The van der Waals surface area contributed by atoms with Crippen molar-refractivity contribution in [3.8, 4) is 0 Å². The third-order valence-corrected chi connectivity index (χ3v) is 5.54. The van der Waals surface area contributed by atoms with Gasteiger partial charge in [-0.1, -0.05) is 21.8 Å². The molecule has 1 aliphatic rings. The van der Waals surface area contributed by atoms with Gasteiger partial charge in [-0.2, -0.15) is 26.3 Å². The van der Waals surface area contributed by atoms with E-state index in [1.54, 1.807) is 20.8 Å². The van der Waals surface area contributed by atoms with E-state index < -0.39 is 85.6 Å². The fourth-order valence-electron chi connectivity index (χ4n) is 3.18. The lowest BCUT2D eigenvalue weighted by atomic mass is 9.74. The second-order valence-electron chi connectivity index (χ2n) is 8.71. The standard InChI is InChI=1S/C21H28F6O8.2CH4/c1-4-19(2,3)18(31)33-8-7-32-16(29)13-6-5-12(15(28)34-10-20(22,23)24)9-14(13)17(30)35-11-21(25,26)27;;/h12-14H,4-11H2,1-3H3;2*1H4. The zero-order valence-electron chi connectivity index (χ0n) is 19.4. The Balaban J connectivity index is 0. The maximum absolute atomic E-state index is 12.5. The van der Waals surface area contributed by atoms with Crippen LogP contribution in [0.2, 0.25) is 0 Å². The average Bonchev–Trinajstić information content (AvgIpc) is 2.76. The third kappa shape index (κ3) is 13.0. The highest BCUT2D eigenvalue weighted by molar-refractivity contribution is 5.84. The molecule has 0 heterocycles. The number of ether oxygens (including phenoxy) is 4. The minimum atomic E-state index is -4.86. The smallest absolute Gasteiger partial charge is 0.422 e. The summed E-state index contributed by atoms with van der Waals surface area (Å²) in [6.07, 6.45) is -10.1. The van der Waals surface area contributed by atoms with Crippen LogP contribution in [0.3, 0.4) is 0 Å². The summed E-state index contributed by atoms with van der Waals surface area (Å²) >= 11 is 0. The number of hydrogen-bond donors (Lipinski definition) is 0. The van der Waals surface area contributed by atoms with Crippen molar-refractivity contribution in [3.05, 3.63) is 0 Å². The highest BCUT2D eigenvalue weighted by Crippen LogP contribution is 2.37. The van der Waals surface area contributed by atoms with Crippen molar-refractivity contribution in [2.24, 2.45) is 23.2 Å². The van der Waals surface area contributed by atoms with Gasteiger partial charge in [0.15, 0.2) is 13.2 Å². The van der Waals surface area contributed by atoms with Crippen LogP contribution in [0.25, 0.3) is 0 Å². The first kappa shape index (κ1) is 36.6. The summed E-state index contributed by atoms with van der Waals surface area (Å²) in [4.78, 5) is 48.7. The average molecular weight is 555 g/mol. The molecule has 1 fully saturated rings. The van der Waals surface area contributed by atoms with E-state index in [-0.39, 0.29) is 34.3 Å². The molecule has 0 aliphatic heterocycles. The van der Waals surface area contributed by atoms with Crippen LogP contribution in [0.1, 0.15) is 61.3 Å². The summed E-state index contributed by atoms with van der Waals surface area (Å²) < 4.78 is 92.6. The van der Waals surface area contributed by atoms with Crippen LogP contribution in [0, 0.1) is 23.2 Å². The van der Waals surface area contributed by atoms with Crippen molar-refractivity contribution in [2.45, 2.75) is 73.7 Å². The van der Waals surface area contributed by atoms with Gasteiger partial charge < -0.3 is 18.9 Å². The summed E-state index contributed by atoms with van der Waals surface area (Å²) in [5.74, 6) is -8.45. The molecule has 0 aromatic carbocycles. The zero-order chi connectivity index (χ0) is 27.0. The predicted octanol–water partition coefficient (Wildman–Crippen LogP) is 5.02. The van der Waals surface area contributed by atoms with Gasteiger partial charge >= 0.3 is 36.2 Å². The van der Waals surface area contributed by atoms with Gasteiger partial charge in [-0.15, -0.1) is 0 Å². The lowest BCUT2D eigenvalue weighted by Crippen LogP contribution is -2.41. The summed E-state index contributed by atoms with van der Waals surface area (Å²) in [6.45, 7) is 0.543. The summed E-state index contributed by atoms with van der Waals surface area (Å²) in [5, 5.41) is 0. The van der Waals surface area contributed by atoms with Gasteiger partial charge in [-0.25, -0.2) is 0 Å². The molecule has 0 spiro atoms. The highest BCUT2D eigenvalue weighted by atomic mass is 19.4. The predicted molar refractivity (Wildman–Crippen MR) is 118 cm³/mol. The van der Waals surface area contributed by atoms with Crippen molar-refractivity contribution in [1.29, 1.82) is 0 Å². The van der Waals surface area contributed by atoms with Gasteiger partial charge in [0.1, 0.15) is 13.2 Å². The number of alkyl halides is 6. The molecule has 0 radical (unpaired) electrons. The minimum Gasteiger partial charge on any atom is -0.462 e. The van der Waals surface area contributed by atoms with Crippen LogP contribution in [0.4, 0.5) is 26.3 Å². The largest absolute Gasteiger partial charge is 0.462 e. The summed E-state index contributed by atoms with van der Waals surface area (Å²) in [5.41, 5.74) is -0.767. The highest BCUT2D eigenvalue weighted by Gasteiger charge is 2.45. The normalized spacial score (nSPS) is 20.0. The zero-order valence-corrected chi connectivity index (χ0v) is 19.4. The Labute approximate surface area is 212 Å².